The molecule has 102 valence electrons. The highest BCUT2D eigenvalue weighted by atomic mass is 16.3. The largest absolute Gasteiger partial charge is 0.391 e. The summed E-state index contributed by atoms with van der Waals surface area (Å²) >= 11 is 0. The average molecular weight is 259 g/mol. The van der Waals surface area contributed by atoms with Crippen LogP contribution in [0.15, 0.2) is 30.3 Å². The van der Waals surface area contributed by atoms with Gasteiger partial charge in [0.15, 0.2) is 0 Å². The number of benzene rings is 1. The predicted molar refractivity (Wildman–Crippen MR) is 77.3 cm³/mol. The van der Waals surface area contributed by atoms with Crippen molar-refractivity contribution in [1.82, 2.24) is 9.78 Å². The minimum Gasteiger partial charge on any atom is -0.391 e. The average Bonchev–Trinajstić information content (AvgIpc) is 2.71. The Morgan fingerprint density at radius 3 is 2.58 bits per heavy atom. The Balaban J connectivity index is 2.10. The van der Waals surface area contributed by atoms with Gasteiger partial charge in [0.05, 0.1) is 12.3 Å². The topological polar surface area (TPSA) is 41.3 Å². The highest BCUT2D eigenvalue weighted by molar-refractivity contribution is 5.49. The molecule has 1 aromatic heterocycles. The zero-order chi connectivity index (χ0) is 13.8. The minimum absolute atomic E-state index is 0.0324. The maximum atomic E-state index is 9.47. The maximum absolute atomic E-state index is 9.47. The van der Waals surface area contributed by atoms with Gasteiger partial charge in [-0.15, -0.1) is 0 Å². The third-order valence-electron chi connectivity index (χ3n) is 3.41. The molecule has 1 aromatic carbocycles. The summed E-state index contributed by atoms with van der Waals surface area (Å²) in [4.78, 5) is 2.15. The Morgan fingerprint density at radius 1 is 1.26 bits per heavy atom. The van der Waals surface area contributed by atoms with Gasteiger partial charge in [-0.05, 0) is 18.9 Å². The van der Waals surface area contributed by atoms with Crippen LogP contribution in [0.5, 0.6) is 0 Å². The molecule has 0 aliphatic rings. The van der Waals surface area contributed by atoms with Crippen LogP contribution in [0.4, 0.5) is 5.82 Å². The summed E-state index contributed by atoms with van der Waals surface area (Å²) in [6.07, 6.45) is 0.979. The molecule has 0 saturated heterocycles. The van der Waals surface area contributed by atoms with Crippen LogP contribution in [0.2, 0.25) is 0 Å². The normalized spacial score (nSPS) is 10.7. The molecule has 0 radical (unpaired) electrons. The molecule has 0 atom stereocenters. The van der Waals surface area contributed by atoms with Gasteiger partial charge in [-0.1, -0.05) is 30.3 Å². The van der Waals surface area contributed by atoms with Crippen molar-refractivity contribution >= 4 is 5.82 Å². The van der Waals surface area contributed by atoms with Crippen LogP contribution in [-0.4, -0.2) is 28.5 Å². The first-order valence-electron chi connectivity index (χ1n) is 6.52. The van der Waals surface area contributed by atoms with Gasteiger partial charge in [0, 0.05) is 26.2 Å². The molecular formula is C15H21N3O. The molecule has 2 aromatic rings. The molecule has 0 saturated carbocycles. The fourth-order valence-corrected chi connectivity index (χ4v) is 2.40. The fourth-order valence-electron chi connectivity index (χ4n) is 2.40. The van der Waals surface area contributed by atoms with Crippen LogP contribution in [0.25, 0.3) is 0 Å². The van der Waals surface area contributed by atoms with Gasteiger partial charge >= 0.3 is 0 Å². The molecule has 0 aliphatic carbocycles. The van der Waals surface area contributed by atoms with Gasteiger partial charge in [-0.3, -0.25) is 4.68 Å². The van der Waals surface area contributed by atoms with Gasteiger partial charge in [0.25, 0.3) is 0 Å². The lowest BCUT2D eigenvalue weighted by Gasteiger charge is -2.20. The zero-order valence-electron chi connectivity index (χ0n) is 11.8. The number of hydrogen-bond acceptors (Lipinski definition) is 3. The van der Waals surface area contributed by atoms with E-state index in [1.54, 1.807) is 0 Å². The van der Waals surface area contributed by atoms with E-state index in [2.05, 4.69) is 34.3 Å². The predicted octanol–water partition coefficient (Wildman–Crippen LogP) is 1.90. The summed E-state index contributed by atoms with van der Waals surface area (Å²) in [5, 5.41) is 13.8. The first kappa shape index (κ1) is 13.6. The number of aromatic nitrogens is 2. The van der Waals surface area contributed by atoms with Gasteiger partial charge in [0.2, 0.25) is 0 Å². The smallest absolute Gasteiger partial charge is 0.132 e. The van der Waals surface area contributed by atoms with Crippen molar-refractivity contribution in [3.63, 3.8) is 0 Å². The third kappa shape index (κ3) is 2.96. The molecule has 19 heavy (non-hydrogen) atoms. The summed E-state index contributed by atoms with van der Waals surface area (Å²) in [5.74, 6) is 0.996. The number of aliphatic hydroxyl groups is 1. The van der Waals surface area contributed by atoms with Gasteiger partial charge < -0.3 is 10.0 Å². The Morgan fingerprint density at radius 2 is 1.95 bits per heavy atom. The Labute approximate surface area is 114 Å². The van der Waals surface area contributed by atoms with Crippen molar-refractivity contribution in [2.45, 2.75) is 20.0 Å². The molecule has 0 amide bonds. The van der Waals surface area contributed by atoms with Gasteiger partial charge in [-0.2, -0.15) is 5.10 Å². The lowest BCUT2D eigenvalue weighted by Crippen LogP contribution is -2.24. The van der Waals surface area contributed by atoms with Crippen molar-refractivity contribution in [2.75, 3.05) is 18.5 Å². The molecule has 1 N–H and O–H groups in total. The number of nitrogens with zero attached hydrogens (tertiary/aromatic N) is 3. The molecule has 0 spiro atoms. The first-order valence-corrected chi connectivity index (χ1v) is 6.52. The van der Waals surface area contributed by atoms with Gasteiger partial charge in [0.1, 0.15) is 5.82 Å². The summed E-state index contributed by atoms with van der Waals surface area (Å²) in [7, 11) is 3.96. The lowest BCUT2D eigenvalue weighted by molar-refractivity contribution is 0.281. The van der Waals surface area contributed by atoms with Crippen LogP contribution in [0, 0.1) is 6.92 Å². The second kappa shape index (κ2) is 5.89. The second-order valence-corrected chi connectivity index (χ2v) is 4.83. The van der Waals surface area contributed by atoms with Crippen molar-refractivity contribution in [3.05, 3.63) is 47.2 Å². The molecule has 0 unspecified atom stereocenters. The molecular weight excluding hydrogens is 238 g/mol. The number of hydrogen-bond donors (Lipinski definition) is 1. The van der Waals surface area contributed by atoms with Crippen molar-refractivity contribution in [2.24, 2.45) is 7.05 Å². The summed E-state index contributed by atoms with van der Waals surface area (Å²) in [6.45, 7) is 2.86. The van der Waals surface area contributed by atoms with Crippen molar-refractivity contribution in [3.8, 4) is 0 Å². The summed E-state index contributed by atoms with van der Waals surface area (Å²) in [6, 6.07) is 10.4. The van der Waals surface area contributed by atoms with E-state index in [0.717, 1.165) is 30.0 Å². The van der Waals surface area contributed by atoms with Crippen LogP contribution in [0.1, 0.15) is 16.8 Å². The highest BCUT2D eigenvalue weighted by Crippen LogP contribution is 2.22. The maximum Gasteiger partial charge on any atom is 0.132 e. The van der Waals surface area contributed by atoms with Crippen LogP contribution >= 0.6 is 0 Å². The number of anilines is 1. The fraction of sp³-hybridized carbons (Fsp3) is 0.400. The van der Waals surface area contributed by atoms with Crippen LogP contribution in [0.3, 0.4) is 0 Å². The standard InChI is InChI=1S/C15H21N3O/c1-12-14(11-19)15(18(3)16-12)17(2)10-9-13-7-5-4-6-8-13/h4-8,19H,9-11H2,1-3H3. The Kier molecular flexibility index (Phi) is 4.22. The number of likely N-dealkylation sites (N-methyl/N-ethyl adjacent to an activating group) is 1. The summed E-state index contributed by atoms with van der Waals surface area (Å²) < 4.78 is 1.84. The monoisotopic (exact) mass is 259 g/mol. The molecule has 0 bridgehead atoms. The van der Waals surface area contributed by atoms with E-state index in [1.807, 2.05) is 31.8 Å². The van der Waals surface area contributed by atoms with E-state index in [4.69, 9.17) is 0 Å². The molecule has 4 heteroatoms. The second-order valence-electron chi connectivity index (χ2n) is 4.83. The molecule has 4 nitrogen and oxygen atoms in total. The Hall–Kier alpha value is -1.81. The van der Waals surface area contributed by atoms with E-state index in [-0.39, 0.29) is 6.61 Å². The SMILES string of the molecule is Cc1nn(C)c(N(C)CCc2ccccc2)c1CO. The summed E-state index contributed by atoms with van der Waals surface area (Å²) in [5.41, 5.74) is 3.13. The number of rotatable bonds is 5. The van der Waals surface area contributed by atoms with Crippen LogP contribution < -0.4 is 4.90 Å². The minimum atomic E-state index is 0.0324. The zero-order valence-corrected chi connectivity index (χ0v) is 11.8. The lowest BCUT2D eigenvalue weighted by atomic mass is 10.1. The van der Waals surface area contributed by atoms with E-state index >= 15 is 0 Å². The number of aliphatic hydroxyl groups excluding tert-OH is 1. The first-order chi connectivity index (χ1) is 9.13. The highest BCUT2D eigenvalue weighted by Gasteiger charge is 2.15. The van der Waals surface area contributed by atoms with E-state index in [0.29, 0.717) is 0 Å². The van der Waals surface area contributed by atoms with Crippen molar-refractivity contribution < 1.29 is 5.11 Å². The molecule has 2 rings (SSSR count). The Bertz CT molecular complexity index is 534. The molecule has 0 aliphatic heterocycles. The quantitative estimate of drug-likeness (QED) is 0.891. The van der Waals surface area contributed by atoms with Gasteiger partial charge in [-0.25, -0.2) is 0 Å². The molecule has 0 fully saturated rings. The van der Waals surface area contributed by atoms with Crippen LogP contribution in [-0.2, 0) is 20.1 Å². The third-order valence-corrected chi connectivity index (χ3v) is 3.41. The number of aryl methyl sites for hydroxylation is 2. The van der Waals surface area contributed by atoms with E-state index in [9.17, 15) is 5.11 Å². The van der Waals surface area contributed by atoms with E-state index < -0.39 is 0 Å². The molecule has 1 heterocycles. The van der Waals surface area contributed by atoms with E-state index in [1.165, 1.54) is 5.56 Å². The van der Waals surface area contributed by atoms with Crippen molar-refractivity contribution in [1.29, 1.82) is 0 Å².